The quantitative estimate of drug-likeness (QED) is 0.917. The minimum absolute atomic E-state index is 0.297. The van der Waals surface area contributed by atoms with Gasteiger partial charge in [0.1, 0.15) is 11.2 Å². The van der Waals surface area contributed by atoms with Crippen molar-refractivity contribution < 1.29 is 23.4 Å². The number of aromatic carboxylic acids is 1. The van der Waals surface area contributed by atoms with Gasteiger partial charge in [0.05, 0.1) is 0 Å². The number of ether oxygens (including phenoxy) is 1. The van der Waals surface area contributed by atoms with Crippen LogP contribution >= 0.6 is 0 Å². The predicted octanol–water partition coefficient (Wildman–Crippen LogP) is 4.01. The molecular formula is C17H18F2O3. The van der Waals surface area contributed by atoms with Crippen LogP contribution < -0.4 is 4.74 Å². The Bertz CT molecular complexity index is 606. The van der Waals surface area contributed by atoms with Crippen LogP contribution in [0.1, 0.15) is 48.9 Å². The van der Waals surface area contributed by atoms with Gasteiger partial charge in [-0.2, -0.15) is 4.39 Å². The van der Waals surface area contributed by atoms with Crippen molar-refractivity contribution in [3.8, 4) is 5.75 Å². The third kappa shape index (κ3) is 2.09. The highest BCUT2D eigenvalue weighted by atomic mass is 19.2. The van der Waals surface area contributed by atoms with Crippen LogP contribution in [-0.2, 0) is 0 Å². The molecule has 4 aliphatic rings. The maximum Gasteiger partial charge on any atom is 0.339 e. The van der Waals surface area contributed by atoms with Crippen LogP contribution in [-0.4, -0.2) is 16.7 Å². The van der Waals surface area contributed by atoms with E-state index in [0.29, 0.717) is 17.8 Å². The lowest BCUT2D eigenvalue weighted by Gasteiger charge is -2.56. The van der Waals surface area contributed by atoms with Crippen molar-refractivity contribution in [2.24, 2.45) is 17.8 Å². The van der Waals surface area contributed by atoms with E-state index in [1.54, 1.807) is 0 Å². The van der Waals surface area contributed by atoms with Gasteiger partial charge in [0.15, 0.2) is 11.6 Å². The SMILES string of the molecule is O=C(O)c1ccc(F)c(F)c1OC12CC3CC(CC(C3)C1)C2. The highest BCUT2D eigenvalue weighted by Gasteiger charge is 2.53. The van der Waals surface area contributed by atoms with E-state index in [1.165, 1.54) is 19.3 Å². The molecule has 22 heavy (non-hydrogen) atoms. The third-order valence-corrected chi connectivity index (χ3v) is 5.58. The van der Waals surface area contributed by atoms with E-state index in [4.69, 9.17) is 4.74 Å². The fourth-order valence-corrected chi connectivity index (χ4v) is 5.17. The maximum atomic E-state index is 14.1. The van der Waals surface area contributed by atoms with E-state index in [2.05, 4.69) is 0 Å². The Labute approximate surface area is 127 Å². The molecule has 0 saturated heterocycles. The molecule has 118 valence electrons. The third-order valence-electron chi connectivity index (χ3n) is 5.58. The lowest BCUT2D eigenvalue weighted by Crippen LogP contribution is -2.54. The molecule has 3 nitrogen and oxygen atoms in total. The normalized spacial score (nSPS) is 35.6. The molecular weight excluding hydrogens is 290 g/mol. The summed E-state index contributed by atoms with van der Waals surface area (Å²) in [5, 5.41) is 9.22. The first-order chi connectivity index (χ1) is 10.5. The van der Waals surface area contributed by atoms with Crippen molar-refractivity contribution in [3.05, 3.63) is 29.3 Å². The fraction of sp³-hybridized carbons (Fsp3) is 0.588. The number of hydrogen-bond donors (Lipinski definition) is 1. The zero-order valence-corrected chi connectivity index (χ0v) is 12.1. The molecule has 4 fully saturated rings. The molecule has 4 aliphatic carbocycles. The van der Waals surface area contributed by atoms with Crippen molar-refractivity contribution in [2.45, 2.75) is 44.1 Å². The van der Waals surface area contributed by atoms with Crippen molar-refractivity contribution in [1.29, 1.82) is 0 Å². The van der Waals surface area contributed by atoms with Gasteiger partial charge in [-0.25, -0.2) is 9.18 Å². The average molecular weight is 308 g/mol. The molecule has 1 aromatic rings. The summed E-state index contributed by atoms with van der Waals surface area (Å²) in [6.45, 7) is 0. The van der Waals surface area contributed by atoms with Crippen molar-refractivity contribution in [3.63, 3.8) is 0 Å². The Morgan fingerprint density at radius 1 is 1.09 bits per heavy atom. The summed E-state index contributed by atoms with van der Waals surface area (Å²) >= 11 is 0. The Morgan fingerprint density at radius 3 is 2.14 bits per heavy atom. The van der Waals surface area contributed by atoms with Gasteiger partial charge >= 0.3 is 5.97 Å². The molecule has 5 heteroatoms. The minimum atomic E-state index is -1.29. The van der Waals surface area contributed by atoms with E-state index in [1.807, 2.05) is 0 Å². The number of benzene rings is 1. The number of hydrogen-bond acceptors (Lipinski definition) is 2. The number of rotatable bonds is 3. The molecule has 4 bridgehead atoms. The van der Waals surface area contributed by atoms with Crippen LogP contribution in [0.25, 0.3) is 0 Å². The van der Waals surface area contributed by atoms with Crippen LogP contribution in [0.3, 0.4) is 0 Å². The van der Waals surface area contributed by atoms with E-state index in [9.17, 15) is 18.7 Å². The molecule has 0 aromatic heterocycles. The molecule has 0 amide bonds. The van der Waals surface area contributed by atoms with E-state index in [0.717, 1.165) is 31.4 Å². The van der Waals surface area contributed by atoms with Crippen molar-refractivity contribution in [1.82, 2.24) is 0 Å². The summed E-state index contributed by atoms with van der Waals surface area (Å²) in [7, 11) is 0. The molecule has 0 atom stereocenters. The number of carboxylic acids is 1. The Hall–Kier alpha value is -1.65. The van der Waals surface area contributed by atoms with Crippen molar-refractivity contribution in [2.75, 3.05) is 0 Å². The second-order valence-corrected chi connectivity index (χ2v) is 7.25. The molecule has 5 rings (SSSR count). The van der Waals surface area contributed by atoms with Crippen molar-refractivity contribution >= 4 is 5.97 Å². The van der Waals surface area contributed by atoms with Crippen LogP contribution in [0.5, 0.6) is 5.75 Å². The Morgan fingerprint density at radius 2 is 1.64 bits per heavy atom. The second-order valence-electron chi connectivity index (χ2n) is 7.25. The first-order valence-corrected chi connectivity index (χ1v) is 7.86. The molecule has 0 heterocycles. The Kier molecular flexibility index (Phi) is 2.97. The molecule has 1 aromatic carbocycles. The predicted molar refractivity (Wildman–Crippen MR) is 74.8 cm³/mol. The summed E-state index contributed by atoms with van der Waals surface area (Å²) < 4.78 is 33.6. The van der Waals surface area contributed by atoms with E-state index < -0.39 is 29.0 Å². The molecule has 1 N–H and O–H groups in total. The fourth-order valence-electron chi connectivity index (χ4n) is 5.17. The number of halogens is 2. The van der Waals surface area contributed by atoms with Gasteiger partial charge in [-0.1, -0.05) is 0 Å². The van der Waals surface area contributed by atoms with Gasteiger partial charge in [0, 0.05) is 0 Å². The summed E-state index contributed by atoms with van der Waals surface area (Å²) in [4.78, 5) is 11.3. The first kappa shape index (κ1) is 14.0. The van der Waals surface area contributed by atoms with Crippen LogP contribution in [0.4, 0.5) is 8.78 Å². The number of carboxylic acid groups (broad SMARTS) is 1. The summed E-state index contributed by atoms with van der Waals surface area (Å²) in [5.74, 6) is -2.23. The summed E-state index contributed by atoms with van der Waals surface area (Å²) in [5.41, 5.74) is -0.803. The van der Waals surface area contributed by atoms with Gasteiger partial charge in [0.2, 0.25) is 5.82 Å². The topological polar surface area (TPSA) is 46.5 Å². The average Bonchev–Trinajstić information content (AvgIpc) is 2.42. The van der Waals surface area contributed by atoms with Gasteiger partial charge in [-0.15, -0.1) is 0 Å². The minimum Gasteiger partial charge on any atom is -0.483 e. The highest BCUT2D eigenvalue weighted by Crippen LogP contribution is 2.57. The zero-order valence-electron chi connectivity index (χ0n) is 12.1. The molecule has 0 spiro atoms. The molecule has 0 radical (unpaired) electrons. The smallest absolute Gasteiger partial charge is 0.339 e. The van der Waals surface area contributed by atoms with Crippen LogP contribution in [0.15, 0.2) is 12.1 Å². The van der Waals surface area contributed by atoms with Crippen LogP contribution in [0, 0.1) is 29.4 Å². The van der Waals surface area contributed by atoms with Gasteiger partial charge < -0.3 is 9.84 Å². The van der Waals surface area contributed by atoms with E-state index in [-0.39, 0.29) is 5.56 Å². The lowest BCUT2D eigenvalue weighted by molar-refractivity contribution is -0.109. The van der Waals surface area contributed by atoms with Gasteiger partial charge in [-0.05, 0) is 68.4 Å². The second kappa shape index (κ2) is 4.67. The van der Waals surface area contributed by atoms with Gasteiger partial charge in [0.25, 0.3) is 0 Å². The van der Waals surface area contributed by atoms with Crippen LogP contribution in [0.2, 0.25) is 0 Å². The standard InChI is InChI=1S/C17H18F2O3/c18-13-2-1-12(16(20)21)15(14(13)19)22-17-6-9-3-10(7-17)5-11(4-9)8-17/h1-2,9-11H,3-8H2,(H,20,21). The highest BCUT2D eigenvalue weighted by molar-refractivity contribution is 5.91. The monoisotopic (exact) mass is 308 g/mol. The lowest BCUT2D eigenvalue weighted by atomic mass is 9.54. The van der Waals surface area contributed by atoms with E-state index >= 15 is 0 Å². The molecule has 0 unspecified atom stereocenters. The maximum absolute atomic E-state index is 14.1. The zero-order chi connectivity index (χ0) is 15.5. The summed E-state index contributed by atoms with van der Waals surface area (Å²) in [6, 6.07) is 1.92. The summed E-state index contributed by atoms with van der Waals surface area (Å²) in [6.07, 6.45) is 6.07. The number of carbonyl (C=O) groups is 1. The largest absolute Gasteiger partial charge is 0.483 e. The molecule has 4 saturated carbocycles. The first-order valence-electron chi connectivity index (χ1n) is 7.86. The Balaban J connectivity index is 1.72. The van der Waals surface area contributed by atoms with Gasteiger partial charge in [-0.3, -0.25) is 0 Å². The molecule has 0 aliphatic heterocycles.